The molecule has 0 aromatic carbocycles. The largest absolute Gasteiger partial charge is 0.446 e. The molecular formula is C8H18N2O5S. The van der Waals surface area contributed by atoms with Gasteiger partial charge in [0.15, 0.2) is 0 Å². The zero-order valence-electron chi connectivity index (χ0n) is 9.56. The van der Waals surface area contributed by atoms with Crippen molar-refractivity contribution >= 4 is 16.3 Å². The number of aliphatic hydroxyl groups is 1. The number of amides is 1. The van der Waals surface area contributed by atoms with Crippen molar-refractivity contribution in [3.63, 3.8) is 0 Å². The number of ether oxygens (including phenoxy) is 1. The van der Waals surface area contributed by atoms with Crippen molar-refractivity contribution in [1.29, 1.82) is 0 Å². The average molecular weight is 254 g/mol. The van der Waals surface area contributed by atoms with E-state index in [2.05, 4.69) is 9.46 Å². The molecule has 1 amide bonds. The number of carbonyl (C=O) groups is 1. The lowest BCUT2D eigenvalue weighted by atomic mass is 10.3. The van der Waals surface area contributed by atoms with E-state index in [0.29, 0.717) is 6.42 Å². The molecule has 0 aliphatic heterocycles. The van der Waals surface area contributed by atoms with Gasteiger partial charge in [0, 0.05) is 6.04 Å². The fraction of sp³-hybridized carbons (Fsp3) is 0.875. The van der Waals surface area contributed by atoms with Crippen LogP contribution in [0.3, 0.4) is 0 Å². The second-order valence-corrected chi connectivity index (χ2v) is 4.91. The maximum atomic E-state index is 11.3. The van der Waals surface area contributed by atoms with Crippen LogP contribution in [0.4, 0.5) is 4.79 Å². The summed E-state index contributed by atoms with van der Waals surface area (Å²) in [6.45, 7) is 4.57. The molecule has 96 valence electrons. The second kappa shape index (κ2) is 6.66. The summed E-state index contributed by atoms with van der Waals surface area (Å²) in [5.41, 5.74) is 0. The Labute approximate surface area is 95.4 Å². The highest BCUT2D eigenvalue weighted by Gasteiger charge is 2.19. The number of rotatable bonds is 6. The molecule has 0 heterocycles. The Bertz CT molecular complexity index is 310. The fourth-order valence-electron chi connectivity index (χ4n) is 0.846. The Hall–Kier alpha value is -0.860. The zero-order valence-corrected chi connectivity index (χ0v) is 10.4. The average Bonchev–Trinajstić information content (AvgIpc) is 2.11. The van der Waals surface area contributed by atoms with E-state index in [4.69, 9.17) is 5.11 Å². The predicted octanol–water partition coefficient (Wildman–Crippen LogP) is -0.274. The maximum Gasteiger partial charge on any atom is 0.422 e. The molecule has 0 spiro atoms. The van der Waals surface area contributed by atoms with Gasteiger partial charge >= 0.3 is 16.3 Å². The van der Waals surface area contributed by atoms with Crippen LogP contribution in [0.2, 0.25) is 0 Å². The summed E-state index contributed by atoms with van der Waals surface area (Å²) in [7, 11) is -3.98. The summed E-state index contributed by atoms with van der Waals surface area (Å²) >= 11 is 0. The molecule has 0 radical (unpaired) electrons. The lowest BCUT2D eigenvalue weighted by molar-refractivity contribution is 0.121. The van der Waals surface area contributed by atoms with Gasteiger partial charge in [0.25, 0.3) is 0 Å². The van der Waals surface area contributed by atoms with Gasteiger partial charge in [-0.1, -0.05) is 6.92 Å². The molecule has 0 aromatic rings. The molecule has 8 heteroatoms. The second-order valence-electron chi connectivity index (χ2n) is 3.47. The van der Waals surface area contributed by atoms with Crippen molar-refractivity contribution in [3.8, 4) is 0 Å². The van der Waals surface area contributed by atoms with Gasteiger partial charge in [0.05, 0.1) is 12.7 Å². The smallest absolute Gasteiger partial charge is 0.422 e. The van der Waals surface area contributed by atoms with Crippen LogP contribution >= 0.6 is 0 Å². The number of hydrogen-bond acceptors (Lipinski definition) is 5. The van der Waals surface area contributed by atoms with E-state index >= 15 is 0 Å². The van der Waals surface area contributed by atoms with E-state index in [-0.39, 0.29) is 6.61 Å². The number of aliphatic hydroxyl groups excluding tert-OH is 1. The van der Waals surface area contributed by atoms with Crippen molar-refractivity contribution < 1.29 is 23.1 Å². The van der Waals surface area contributed by atoms with Gasteiger partial charge in [-0.15, -0.1) is 0 Å². The molecule has 1 atom stereocenters. The topological polar surface area (TPSA) is 105 Å². The molecule has 0 bridgehead atoms. The molecular weight excluding hydrogens is 236 g/mol. The Morgan fingerprint density at radius 2 is 2.00 bits per heavy atom. The standard InChI is InChI=1S/C8H18N2O5S/c1-4-7(5-11)9-16(13,14)10-8(12)15-6(2)3/h6-7,9,11H,4-5H2,1-3H3,(H,10,12)/t7-/m0/s1. The highest BCUT2D eigenvalue weighted by molar-refractivity contribution is 7.88. The van der Waals surface area contributed by atoms with Crippen LogP contribution in [0.5, 0.6) is 0 Å². The van der Waals surface area contributed by atoms with Crippen molar-refractivity contribution in [2.24, 2.45) is 0 Å². The summed E-state index contributed by atoms with van der Waals surface area (Å²) in [6.07, 6.45) is -1.04. The van der Waals surface area contributed by atoms with Gasteiger partial charge in [-0.3, -0.25) is 0 Å². The summed E-state index contributed by atoms with van der Waals surface area (Å²) in [5.74, 6) is 0. The highest BCUT2D eigenvalue weighted by Crippen LogP contribution is 1.94. The summed E-state index contributed by atoms with van der Waals surface area (Å²) < 4.78 is 31.0. The molecule has 0 fully saturated rings. The number of hydrogen-bond donors (Lipinski definition) is 3. The zero-order chi connectivity index (χ0) is 12.8. The van der Waals surface area contributed by atoms with Crippen molar-refractivity contribution in [2.45, 2.75) is 39.3 Å². The van der Waals surface area contributed by atoms with Gasteiger partial charge < -0.3 is 9.84 Å². The summed E-state index contributed by atoms with van der Waals surface area (Å²) in [6, 6.07) is -0.621. The lowest BCUT2D eigenvalue weighted by Crippen LogP contribution is -2.46. The normalized spacial score (nSPS) is 13.6. The predicted molar refractivity (Wildman–Crippen MR) is 58.0 cm³/mol. The molecule has 0 rings (SSSR count). The van der Waals surface area contributed by atoms with Crippen LogP contribution in [-0.4, -0.2) is 38.4 Å². The van der Waals surface area contributed by atoms with Crippen LogP contribution < -0.4 is 9.44 Å². The van der Waals surface area contributed by atoms with Gasteiger partial charge in [-0.2, -0.15) is 13.1 Å². The molecule has 3 N–H and O–H groups in total. The number of nitrogens with one attached hydrogen (secondary N) is 2. The van der Waals surface area contributed by atoms with Gasteiger partial charge in [-0.25, -0.2) is 9.52 Å². The van der Waals surface area contributed by atoms with Crippen LogP contribution in [0, 0.1) is 0 Å². The van der Waals surface area contributed by atoms with Crippen molar-refractivity contribution in [1.82, 2.24) is 9.44 Å². The van der Waals surface area contributed by atoms with Crippen molar-refractivity contribution in [2.75, 3.05) is 6.61 Å². The van der Waals surface area contributed by atoms with Crippen LogP contribution in [0.15, 0.2) is 0 Å². The minimum Gasteiger partial charge on any atom is -0.446 e. The van der Waals surface area contributed by atoms with Gasteiger partial charge in [0.2, 0.25) is 0 Å². The maximum absolute atomic E-state index is 11.3. The minimum atomic E-state index is -3.98. The van der Waals surface area contributed by atoms with Crippen LogP contribution in [-0.2, 0) is 14.9 Å². The highest BCUT2D eigenvalue weighted by atomic mass is 32.2. The lowest BCUT2D eigenvalue weighted by Gasteiger charge is -2.15. The summed E-state index contributed by atoms with van der Waals surface area (Å²) in [4.78, 5) is 11.0. The molecule has 0 saturated carbocycles. The van der Waals surface area contributed by atoms with Gasteiger partial charge in [0.1, 0.15) is 0 Å². The minimum absolute atomic E-state index is 0.337. The van der Waals surface area contributed by atoms with Crippen LogP contribution in [0.25, 0.3) is 0 Å². The quantitative estimate of drug-likeness (QED) is 0.605. The Kier molecular flexibility index (Phi) is 6.31. The molecule has 16 heavy (non-hydrogen) atoms. The SMILES string of the molecule is CC[C@@H](CO)NS(=O)(=O)NC(=O)OC(C)C. The van der Waals surface area contributed by atoms with E-state index in [9.17, 15) is 13.2 Å². The first-order valence-electron chi connectivity index (χ1n) is 4.92. The molecule has 0 unspecified atom stereocenters. The third kappa shape index (κ3) is 6.59. The first-order valence-corrected chi connectivity index (χ1v) is 6.40. The van der Waals surface area contributed by atoms with E-state index in [0.717, 1.165) is 0 Å². The monoisotopic (exact) mass is 254 g/mol. The molecule has 0 aliphatic rings. The molecule has 0 saturated heterocycles. The molecule has 7 nitrogen and oxygen atoms in total. The Morgan fingerprint density at radius 3 is 2.38 bits per heavy atom. The molecule has 0 aliphatic carbocycles. The fourth-order valence-corrected chi connectivity index (χ4v) is 1.85. The first kappa shape index (κ1) is 15.1. The molecule has 0 aromatic heterocycles. The van der Waals surface area contributed by atoms with Gasteiger partial charge in [-0.05, 0) is 20.3 Å². The Morgan fingerprint density at radius 1 is 1.44 bits per heavy atom. The third-order valence-electron chi connectivity index (χ3n) is 1.60. The third-order valence-corrected chi connectivity index (χ3v) is 2.67. The van der Waals surface area contributed by atoms with E-state index < -0.39 is 28.4 Å². The summed E-state index contributed by atoms with van der Waals surface area (Å²) in [5, 5.41) is 8.80. The van der Waals surface area contributed by atoms with Crippen molar-refractivity contribution in [3.05, 3.63) is 0 Å². The van der Waals surface area contributed by atoms with E-state index in [1.54, 1.807) is 25.5 Å². The Balaban J connectivity index is 4.29. The first-order chi connectivity index (χ1) is 7.30. The number of carbonyl (C=O) groups excluding carboxylic acids is 1. The van der Waals surface area contributed by atoms with Crippen LogP contribution in [0.1, 0.15) is 27.2 Å². The van der Waals surface area contributed by atoms with E-state index in [1.165, 1.54) is 0 Å². The van der Waals surface area contributed by atoms with E-state index in [1.807, 2.05) is 0 Å².